The number of benzene rings is 1. The quantitative estimate of drug-likeness (QED) is 0.336. The molecule has 3 heterocycles. The SMILES string of the molecule is Cc1c(OC(=O)CCc2cc(Cl)no2)ccc2c1O/C(=C\c1cccs1)C2=O. The van der Waals surface area contributed by atoms with Crippen molar-refractivity contribution in [3.63, 3.8) is 0 Å². The summed E-state index contributed by atoms with van der Waals surface area (Å²) < 4.78 is 16.2. The Labute approximate surface area is 169 Å². The van der Waals surface area contributed by atoms with E-state index in [2.05, 4.69) is 5.16 Å². The zero-order valence-electron chi connectivity index (χ0n) is 14.7. The maximum Gasteiger partial charge on any atom is 0.311 e. The average molecular weight is 416 g/mol. The summed E-state index contributed by atoms with van der Waals surface area (Å²) in [6.45, 7) is 1.75. The van der Waals surface area contributed by atoms with Crippen LogP contribution in [0.25, 0.3) is 6.08 Å². The van der Waals surface area contributed by atoms with Crippen molar-refractivity contribution in [3.8, 4) is 11.5 Å². The molecule has 0 atom stereocenters. The number of ether oxygens (including phenoxy) is 2. The lowest BCUT2D eigenvalue weighted by atomic mass is 10.1. The second-order valence-electron chi connectivity index (χ2n) is 6.11. The highest BCUT2D eigenvalue weighted by atomic mass is 35.5. The Hall–Kier alpha value is -2.90. The lowest BCUT2D eigenvalue weighted by Gasteiger charge is -2.09. The van der Waals surface area contributed by atoms with Gasteiger partial charge < -0.3 is 14.0 Å². The zero-order valence-corrected chi connectivity index (χ0v) is 16.3. The molecule has 0 saturated carbocycles. The van der Waals surface area contributed by atoms with E-state index in [0.717, 1.165) is 4.88 Å². The van der Waals surface area contributed by atoms with Gasteiger partial charge in [-0.25, -0.2) is 0 Å². The number of allylic oxidation sites excluding steroid dienone is 1. The van der Waals surface area contributed by atoms with Crippen molar-refractivity contribution in [2.45, 2.75) is 19.8 Å². The van der Waals surface area contributed by atoms with E-state index in [4.69, 9.17) is 25.6 Å². The van der Waals surface area contributed by atoms with Crippen LogP contribution < -0.4 is 9.47 Å². The Morgan fingerprint density at radius 2 is 2.21 bits per heavy atom. The molecule has 0 N–H and O–H groups in total. The number of hydrogen-bond acceptors (Lipinski definition) is 7. The number of hydrogen-bond donors (Lipinski definition) is 0. The molecule has 8 heteroatoms. The van der Waals surface area contributed by atoms with Crippen molar-refractivity contribution in [2.24, 2.45) is 0 Å². The van der Waals surface area contributed by atoms with Gasteiger partial charge in [-0.1, -0.05) is 22.8 Å². The Kier molecular flexibility index (Phi) is 5.02. The molecule has 4 rings (SSSR count). The van der Waals surface area contributed by atoms with Crippen LogP contribution in [0.1, 0.15) is 33.0 Å². The second-order valence-corrected chi connectivity index (χ2v) is 7.48. The molecule has 2 aromatic heterocycles. The first-order valence-corrected chi connectivity index (χ1v) is 9.70. The van der Waals surface area contributed by atoms with E-state index < -0.39 is 5.97 Å². The first-order valence-electron chi connectivity index (χ1n) is 8.44. The Morgan fingerprint density at radius 1 is 1.36 bits per heavy atom. The Morgan fingerprint density at radius 3 is 2.93 bits per heavy atom. The van der Waals surface area contributed by atoms with Gasteiger partial charge in [0.05, 0.1) is 12.0 Å². The fourth-order valence-corrected chi connectivity index (χ4v) is 3.59. The molecular weight excluding hydrogens is 402 g/mol. The third-order valence-electron chi connectivity index (χ3n) is 4.18. The maximum atomic E-state index is 12.5. The molecule has 142 valence electrons. The van der Waals surface area contributed by atoms with Crippen LogP contribution in [-0.4, -0.2) is 16.9 Å². The molecule has 1 aliphatic rings. The predicted octanol–water partition coefficient (Wildman–Crippen LogP) is 4.85. The number of aryl methyl sites for hydroxylation is 1. The monoisotopic (exact) mass is 415 g/mol. The van der Waals surface area contributed by atoms with E-state index in [1.165, 1.54) is 11.3 Å². The van der Waals surface area contributed by atoms with Gasteiger partial charge in [0, 0.05) is 29.0 Å². The van der Waals surface area contributed by atoms with Crippen LogP contribution in [-0.2, 0) is 11.2 Å². The number of halogens is 1. The van der Waals surface area contributed by atoms with E-state index in [1.54, 1.807) is 31.2 Å². The van der Waals surface area contributed by atoms with Gasteiger partial charge in [0.1, 0.15) is 17.3 Å². The molecule has 0 fully saturated rings. The zero-order chi connectivity index (χ0) is 19.7. The molecule has 6 nitrogen and oxygen atoms in total. The highest BCUT2D eigenvalue weighted by molar-refractivity contribution is 7.10. The summed E-state index contributed by atoms with van der Waals surface area (Å²) in [4.78, 5) is 25.6. The van der Waals surface area contributed by atoms with Gasteiger partial charge in [0.25, 0.3) is 0 Å². The molecule has 1 aliphatic heterocycles. The largest absolute Gasteiger partial charge is 0.452 e. The molecule has 3 aromatic rings. The van der Waals surface area contributed by atoms with E-state index in [0.29, 0.717) is 34.8 Å². The van der Waals surface area contributed by atoms with E-state index in [-0.39, 0.29) is 23.1 Å². The minimum absolute atomic E-state index is 0.103. The Balaban J connectivity index is 1.48. The summed E-state index contributed by atoms with van der Waals surface area (Å²) >= 11 is 7.20. The van der Waals surface area contributed by atoms with Crippen molar-refractivity contribution in [1.82, 2.24) is 5.16 Å². The molecule has 0 saturated heterocycles. The van der Waals surface area contributed by atoms with Crippen LogP contribution in [0.3, 0.4) is 0 Å². The minimum Gasteiger partial charge on any atom is -0.452 e. The summed E-state index contributed by atoms with van der Waals surface area (Å²) in [6.07, 6.45) is 2.14. The van der Waals surface area contributed by atoms with Gasteiger partial charge in [0.2, 0.25) is 5.78 Å². The van der Waals surface area contributed by atoms with Crippen molar-refractivity contribution < 1.29 is 23.6 Å². The highest BCUT2D eigenvalue weighted by Crippen LogP contribution is 2.39. The third-order valence-corrected chi connectivity index (χ3v) is 5.18. The summed E-state index contributed by atoms with van der Waals surface area (Å²) in [5, 5.41) is 5.72. The van der Waals surface area contributed by atoms with Crippen LogP contribution in [0, 0.1) is 6.92 Å². The van der Waals surface area contributed by atoms with Crippen LogP contribution >= 0.6 is 22.9 Å². The topological polar surface area (TPSA) is 78.6 Å². The number of esters is 1. The van der Waals surface area contributed by atoms with Gasteiger partial charge in [-0.2, -0.15) is 0 Å². The summed E-state index contributed by atoms with van der Waals surface area (Å²) in [5.41, 5.74) is 1.05. The van der Waals surface area contributed by atoms with Crippen LogP contribution in [0.2, 0.25) is 5.15 Å². The molecule has 0 unspecified atom stereocenters. The van der Waals surface area contributed by atoms with Gasteiger partial charge in [-0.3, -0.25) is 9.59 Å². The van der Waals surface area contributed by atoms with Gasteiger partial charge in [-0.05, 0) is 30.5 Å². The van der Waals surface area contributed by atoms with Crippen LogP contribution in [0.15, 0.2) is 46.0 Å². The first-order chi connectivity index (χ1) is 13.5. The van der Waals surface area contributed by atoms with Crippen LogP contribution in [0.4, 0.5) is 0 Å². The van der Waals surface area contributed by atoms with E-state index >= 15 is 0 Å². The molecule has 0 spiro atoms. The number of aromatic nitrogens is 1. The summed E-state index contributed by atoms with van der Waals surface area (Å²) in [6, 6.07) is 8.57. The number of ketones is 1. The smallest absolute Gasteiger partial charge is 0.311 e. The van der Waals surface area contributed by atoms with Crippen molar-refractivity contribution >= 4 is 40.8 Å². The lowest BCUT2D eigenvalue weighted by molar-refractivity contribution is -0.134. The standard InChI is InChI=1S/C20H14ClNO5S/c1-11-15(25-18(23)7-4-12-9-17(21)22-27-12)6-5-14-19(24)16(26-20(11)14)10-13-3-2-8-28-13/h2-3,5-6,8-10H,4,7H2,1H3/b16-10-. The van der Waals surface area contributed by atoms with E-state index in [9.17, 15) is 9.59 Å². The third kappa shape index (κ3) is 3.72. The molecule has 0 radical (unpaired) electrons. The number of Topliss-reactive ketones (excluding diaryl/α,β-unsaturated/α-hetero) is 1. The molecular formula is C20H14ClNO5S. The highest BCUT2D eigenvalue weighted by Gasteiger charge is 2.30. The number of carbonyl (C=O) groups excluding carboxylic acids is 2. The number of carbonyl (C=O) groups is 2. The number of thiophene rings is 1. The van der Waals surface area contributed by atoms with Gasteiger partial charge >= 0.3 is 5.97 Å². The van der Waals surface area contributed by atoms with E-state index in [1.807, 2.05) is 17.5 Å². The minimum atomic E-state index is -0.436. The molecule has 0 aliphatic carbocycles. The molecule has 28 heavy (non-hydrogen) atoms. The summed E-state index contributed by atoms with van der Waals surface area (Å²) in [5.74, 6) is 0.904. The maximum absolute atomic E-state index is 12.5. The predicted molar refractivity (Wildman–Crippen MR) is 104 cm³/mol. The average Bonchev–Trinajstić information content (AvgIpc) is 3.39. The van der Waals surface area contributed by atoms with Crippen LogP contribution in [0.5, 0.6) is 11.5 Å². The molecule has 1 aromatic carbocycles. The fraction of sp³-hybridized carbons (Fsp3) is 0.150. The number of fused-ring (bicyclic) bond motifs is 1. The number of nitrogens with zero attached hydrogens (tertiary/aromatic N) is 1. The Bertz CT molecular complexity index is 1080. The summed E-state index contributed by atoms with van der Waals surface area (Å²) in [7, 11) is 0. The van der Waals surface area contributed by atoms with Gasteiger partial charge in [0.15, 0.2) is 10.9 Å². The molecule has 0 amide bonds. The van der Waals surface area contributed by atoms with Crippen molar-refractivity contribution in [1.29, 1.82) is 0 Å². The van der Waals surface area contributed by atoms with Crippen molar-refractivity contribution in [3.05, 3.63) is 68.4 Å². The normalized spacial score (nSPS) is 14.2. The second kappa shape index (κ2) is 7.61. The first kappa shape index (κ1) is 18.5. The lowest BCUT2D eigenvalue weighted by Crippen LogP contribution is -2.10. The molecule has 0 bridgehead atoms. The van der Waals surface area contributed by atoms with Crippen molar-refractivity contribution in [2.75, 3.05) is 0 Å². The number of rotatable bonds is 5. The fourth-order valence-electron chi connectivity index (χ4n) is 2.79. The van der Waals surface area contributed by atoms with Gasteiger partial charge in [-0.15, -0.1) is 11.3 Å².